The molecule has 0 saturated heterocycles. The maximum atomic E-state index is 13.5. The highest BCUT2D eigenvalue weighted by molar-refractivity contribution is 8.01. The number of para-hydroxylation sites is 1. The summed E-state index contributed by atoms with van der Waals surface area (Å²) in [5, 5.41) is 17.8. The fraction of sp³-hybridized carbons (Fsp3) is 0.375. The Kier molecular flexibility index (Phi) is 7.31. The monoisotopic (exact) mass is 454 g/mol. The Morgan fingerprint density at radius 2 is 1.97 bits per heavy atom. The van der Waals surface area contributed by atoms with Gasteiger partial charge in [-0.1, -0.05) is 26.0 Å². The van der Waals surface area contributed by atoms with Crippen LogP contribution in [0, 0.1) is 17.2 Å². The first-order valence-corrected chi connectivity index (χ1v) is 11.2. The summed E-state index contributed by atoms with van der Waals surface area (Å²) in [6.45, 7) is 4.45. The van der Waals surface area contributed by atoms with Crippen LogP contribution in [0.1, 0.15) is 42.2 Å². The number of amides is 1. The Hall–Kier alpha value is -3.18. The number of thioether (sulfide) groups is 1. The number of nitrogens with zero attached hydrogens (tertiary/aromatic N) is 2. The molecule has 3 rings (SSSR count). The van der Waals surface area contributed by atoms with E-state index < -0.39 is 16.5 Å². The lowest BCUT2D eigenvalue weighted by Crippen LogP contribution is -2.40. The zero-order valence-corrected chi connectivity index (χ0v) is 19.3. The number of hydrogen-bond donors (Lipinski definition) is 1. The van der Waals surface area contributed by atoms with Crippen LogP contribution in [0.4, 0.5) is 5.69 Å². The average Bonchev–Trinajstić information content (AvgIpc) is 2.87. The summed E-state index contributed by atoms with van der Waals surface area (Å²) in [6.07, 6.45) is -0.306. The molecule has 0 bridgehead atoms. The normalized spacial score (nSPS) is 18.0. The Bertz CT molecular complexity index is 1060. The lowest BCUT2D eigenvalue weighted by molar-refractivity contribution is -0.138. The van der Waals surface area contributed by atoms with Crippen LogP contribution in [0.3, 0.4) is 0 Å². The van der Waals surface area contributed by atoms with Gasteiger partial charge in [-0.2, -0.15) is 5.26 Å². The number of ether oxygens (including phenoxy) is 2. The number of methoxy groups -OCH3 is 2. The van der Waals surface area contributed by atoms with E-state index in [1.54, 1.807) is 43.4 Å². The third kappa shape index (κ3) is 4.68. The van der Waals surface area contributed by atoms with Crippen molar-refractivity contribution in [2.75, 3.05) is 25.7 Å². The van der Waals surface area contributed by atoms with Gasteiger partial charge in [0.2, 0.25) is 5.91 Å². The molecule has 7 nitrogen and oxygen atoms in total. The van der Waals surface area contributed by atoms with Crippen molar-refractivity contribution in [2.24, 2.45) is 5.92 Å². The predicted molar refractivity (Wildman–Crippen MR) is 123 cm³/mol. The van der Waals surface area contributed by atoms with Gasteiger partial charge < -0.3 is 19.5 Å². The van der Waals surface area contributed by atoms with E-state index in [2.05, 4.69) is 6.07 Å². The molecule has 0 aromatic heterocycles. The molecule has 1 aliphatic heterocycles. The van der Waals surface area contributed by atoms with E-state index in [1.165, 1.54) is 11.8 Å². The maximum Gasteiger partial charge on any atom is 0.305 e. The van der Waals surface area contributed by atoms with Crippen molar-refractivity contribution >= 4 is 29.3 Å². The van der Waals surface area contributed by atoms with E-state index in [0.717, 1.165) is 11.1 Å². The van der Waals surface area contributed by atoms with Gasteiger partial charge in [0, 0.05) is 17.8 Å². The summed E-state index contributed by atoms with van der Waals surface area (Å²) in [6, 6.07) is 12.9. The molecule has 2 atom stereocenters. The van der Waals surface area contributed by atoms with Gasteiger partial charge in [0.05, 0.1) is 42.8 Å². The van der Waals surface area contributed by atoms with Crippen LogP contribution in [-0.2, 0) is 9.59 Å². The smallest absolute Gasteiger partial charge is 0.305 e. The molecule has 1 amide bonds. The number of carboxylic acids is 1. The van der Waals surface area contributed by atoms with Crippen LogP contribution >= 0.6 is 11.8 Å². The van der Waals surface area contributed by atoms with Crippen LogP contribution in [0.5, 0.6) is 11.5 Å². The van der Waals surface area contributed by atoms with Crippen LogP contribution in [0.15, 0.2) is 36.4 Å². The van der Waals surface area contributed by atoms with Gasteiger partial charge >= 0.3 is 5.97 Å². The number of fused-ring (bicyclic) bond motifs is 1. The largest absolute Gasteiger partial charge is 0.493 e. The van der Waals surface area contributed by atoms with Crippen molar-refractivity contribution in [3.05, 3.63) is 53.1 Å². The zero-order valence-electron chi connectivity index (χ0n) is 18.5. The second kappa shape index (κ2) is 9.96. The summed E-state index contributed by atoms with van der Waals surface area (Å²) in [4.78, 5) is 26.8. The molecule has 2 unspecified atom stereocenters. The summed E-state index contributed by atoms with van der Waals surface area (Å²) in [5.74, 6) is -0.0738. The third-order valence-electron chi connectivity index (χ3n) is 5.20. The molecule has 0 saturated carbocycles. The number of hydrogen-bond acceptors (Lipinski definition) is 6. The molecule has 1 aliphatic rings. The first-order chi connectivity index (χ1) is 15.3. The van der Waals surface area contributed by atoms with Gasteiger partial charge in [-0.3, -0.25) is 9.59 Å². The molecule has 8 heteroatoms. The summed E-state index contributed by atoms with van der Waals surface area (Å²) >= 11 is 1.27. The number of rotatable bonds is 7. The van der Waals surface area contributed by atoms with E-state index in [-0.39, 0.29) is 18.2 Å². The van der Waals surface area contributed by atoms with Gasteiger partial charge in [-0.05, 0) is 35.7 Å². The van der Waals surface area contributed by atoms with Gasteiger partial charge in [0.25, 0.3) is 0 Å². The summed E-state index contributed by atoms with van der Waals surface area (Å²) in [5.41, 5.74) is 2.66. The van der Waals surface area contributed by atoms with E-state index in [9.17, 15) is 20.0 Å². The number of nitriles is 1. The quantitative estimate of drug-likeness (QED) is 0.668. The number of anilines is 1. The topological polar surface area (TPSA) is 99.9 Å². The van der Waals surface area contributed by atoms with Crippen LogP contribution in [-0.4, -0.2) is 43.0 Å². The standard InChI is InChI=1S/C24H26N2O5S/c1-14(2)13-26-18-9-8-15(12-25)10-17(18)23(32-20(24(26)29)11-21(27)28)16-6-5-7-19(30-3)22(16)31-4/h5-10,14,20,23H,11,13H2,1-4H3,(H,27,28). The highest BCUT2D eigenvalue weighted by Crippen LogP contribution is 2.51. The second-order valence-corrected chi connectivity index (χ2v) is 9.23. The van der Waals surface area contributed by atoms with Crippen molar-refractivity contribution in [1.29, 1.82) is 5.26 Å². The highest BCUT2D eigenvalue weighted by Gasteiger charge is 2.39. The molecule has 0 radical (unpaired) electrons. The van der Waals surface area contributed by atoms with E-state index >= 15 is 0 Å². The minimum atomic E-state index is -1.04. The van der Waals surface area contributed by atoms with Crippen molar-refractivity contribution in [2.45, 2.75) is 30.8 Å². The molecule has 0 spiro atoms. The van der Waals surface area contributed by atoms with Gasteiger partial charge in [0.1, 0.15) is 0 Å². The van der Waals surface area contributed by atoms with Crippen molar-refractivity contribution in [1.82, 2.24) is 0 Å². The van der Waals surface area contributed by atoms with Crippen molar-refractivity contribution < 1.29 is 24.2 Å². The molecule has 1 N–H and O–H groups in total. The van der Waals surface area contributed by atoms with E-state index in [1.807, 2.05) is 26.0 Å². The van der Waals surface area contributed by atoms with Crippen molar-refractivity contribution in [3.8, 4) is 17.6 Å². The van der Waals surface area contributed by atoms with Gasteiger partial charge in [0.15, 0.2) is 11.5 Å². The highest BCUT2D eigenvalue weighted by atomic mass is 32.2. The average molecular weight is 455 g/mol. The Balaban J connectivity index is 2.29. The lowest BCUT2D eigenvalue weighted by atomic mass is 9.98. The van der Waals surface area contributed by atoms with Gasteiger partial charge in [-0.15, -0.1) is 11.8 Å². The molecule has 0 aliphatic carbocycles. The fourth-order valence-corrected chi connectivity index (χ4v) is 5.35. The van der Waals surface area contributed by atoms with Crippen LogP contribution in [0.2, 0.25) is 0 Å². The molecular formula is C24H26N2O5S. The number of aliphatic carboxylic acids is 1. The Labute approximate surface area is 191 Å². The number of carbonyl (C=O) groups is 2. The number of carboxylic acid groups (broad SMARTS) is 1. The molecular weight excluding hydrogens is 428 g/mol. The third-order valence-corrected chi connectivity index (χ3v) is 6.67. The number of benzene rings is 2. The molecule has 168 valence electrons. The minimum Gasteiger partial charge on any atom is -0.493 e. The minimum absolute atomic E-state index is 0.167. The summed E-state index contributed by atoms with van der Waals surface area (Å²) in [7, 11) is 3.09. The van der Waals surface area contributed by atoms with Gasteiger partial charge in [-0.25, -0.2) is 0 Å². The first-order valence-electron chi connectivity index (χ1n) is 10.2. The Morgan fingerprint density at radius 1 is 1.22 bits per heavy atom. The fourth-order valence-electron chi connectivity index (χ4n) is 3.87. The molecule has 32 heavy (non-hydrogen) atoms. The SMILES string of the molecule is COc1cccc(C2SC(CC(=O)O)C(=O)N(CC(C)C)c3ccc(C#N)cc32)c1OC. The zero-order chi connectivity index (χ0) is 23.4. The summed E-state index contributed by atoms with van der Waals surface area (Å²) < 4.78 is 11.1. The molecule has 2 aromatic rings. The van der Waals surface area contributed by atoms with E-state index in [4.69, 9.17) is 9.47 Å². The van der Waals surface area contributed by atoms with E-state index in [0.29, 0.717) is 29.3 Å². The maximum absolute atomic E-state index is 13.5. The Morgan fingerprint density at radius 3 is 2.56 bits per heavy atom. The molecule has 2 aromatic carbocycles. The van der Waals surface area contributed by atoms with Crippen LogP contribution < -0.4 is 14.4 Å². The number of carbonyl (C=O) groups excluding carboxylic acids is 1. The predicted octanol–water partition coefficient (Wildman–Crippen LogP) is 4.24. The lowest BCUT2D eigenvalue weighted by Gasteiger charge is -2.27. The molecule has 1 heterocycles. The van der Waals surface area contributed by atoms with Crippen LogP contribution in [0.25, 0.3) is 0 Å². The molecule has 0 fully saturated rings. The second-order valence-electron chi connectivity index (χ2n) is 7.91. The first kappa shape index (κ1) is 23.5. The van der Waals surface area contributed by atoms with Crippen molar-refractivity contribution in [3.63, 3.8) is 0 Å².